The van der Waals surface area contributed by atoms with Crippen molar-refractivity contribution in [2.75, 3.05) is 5.32 Å². The SMILES string of the molecule is Cc1cc(C)cc(Oc2ccc(NC(=O)c3c(C)c(-c4cccc(Cl)c4)nc4c(C)cc(C)cc34)cc2)c1. The topological polar surface area (TPSA) is 51.2 Å². The van der Waals surface area contributed by atoms with Crippen molar-refractivity contribution in [2.24, 2.45) is 0 Å². The number of hydrogen-bond donors (Lipinski definition) is 1. The van der Waals surface area contributed by atoms with Gasteiger partial charge in [-0.15, -0.1) is 0 Å². The number of benzene rings is 4. The molecule has 0 spiro atoms. The molecule has 5 heteroatoms. The molecule has 0 bridgehead atoms. The van der Waals surface area contributed by atoms with Crippen LogP contribution in [-0.2, 0) is 0 Å². The van der Waals surface area contributed by atoms with E-state index in [9.17, 15) is 4.79 Å². The first-order valence-corrected chi connectivity index (χ1v) is 12.9. The molecule has 0 unspecified atom stereocenters. The molecule has 0 aliphatic carbocycles. The summed E-state index contributed by atoms with van der Waals surface area (Å²) < 4.78 is 6.03. The summed E-state index contributed by atoms with van der Waals surface area (Å²) in [6, 6.07) is 25.2. The summed E-state index contributed by atoms with van der Waals surface area (Å²) >= 11 is 6.29. The number of halogens is 1. The monoisotopic (exact) mass is 520 g/mol. The molecule has 1 aromatic heterocycles. The average molecular weight is 521 g/mol. The molecular formula is C33H29ClN2O2. The van der Waals surface area contributed by atoms with E-state index in [1.54, 1.807) is 0 Å². The minimum atomic E-state index is -0.189. The molecule has 5 aromatic rings. The molecule has 0 aliphatic rings. The highest BCUT2D eigenvalue weighted by Gasteiger charge is 2.21. The predicted octanol–water partition coefficient (Wildman–Crippen LogP) is 9.14. The van der Waals surface area contributed by atoms with Crippen molar-refractivity contribution < 1.29 is 9.53 Å². The number of aromatic nitrogens is 1. The lowest BCUT2D eigenvalue weighted by Crippen LogP contribution is -2.15. The molecule has 0 radical (unpaired) electrons. The standard InChI is InChI=1S/C33H29ClN2O2/c1-19-13-20(2)16-28(15-19)38-27-11-9-26(10-12-27)35-33(37)30-23(5)32(24-7-6-8-25(34)18-24)36-31-22(4)14-21(3)17-29(30)31/h6-18H,1-5H3,(H,35,37). The molecule has 4 nitrogen and oxygen atoms in total. The van der Waals surface area contributed by atoms with Crippen molar-refractivity contribution >= 4 is 34.1 Å². The number of nitrogens with zero attached hydrogens (tertiary/aromatic N) is 1. The molecule has 38 heavy (non-hydrogen) atoms. The van der Waals surface area contributed by atoms with Gasteiger partial charge in [-0.2, -0.15) is 0 Å². The molecule has 190 valence electrons. The van der Waals surface area contributed by atoms with Gasteiger partial charge in [0.05, 0.1) is 16.8 Å². The predicted molar refractivity (Wildman–Crippen MR) is 157 cm³/mol. The summed E-state index contributed by atoms with van der Waals surface area (Å²) in [7, 11) is 0. The number of anilines is 1. The molecule has 0 saturated carbocycles. The summed E-state index contributed by atoms with van der Waals surface area (Å²) in [6.45, 7) is 10.1. The first-order valence-electron chi connectivity index (χ1n) is 12.5. The highest BCUT2D eigenvalue weighted by Crippen LogP contribution is 2.33. The number of rotatable bonds is 5. The molecule has 4 aromatic carbocycles. The molecule has 0 atom stereocenters. The Hall–Kier alpha value is -4.15. The minimum Gasteiger partial charge on any atom is -0.457 e. The summed E-state index contributed by atoms with van der Waals surface area (Å²) in [5.74, 6) is 1.30. The van der Waals surface area contributed by atoms with Crippen molar-refractivity contribution in [2.45, 2.75) is 34.6 Å². The smallest absolute Gasteiger partial charge is 0.256 e. The number of carbonyl (C=O) groups is 1. The van der Waals surface area contributed by atoms with Gasteiger partial charge < -0.3 is 10.1 Å². The molecular weight excluding hydrogens is 492 g/mol. The quantitative estimate of drug-likeness (QED) is 0.251. The van der Waals surface area contributed by atoms with Crippen LogP contribution in [0.1, 0.15) is 38.2 Å². The first kappa shape index (κ1) is 25.5. The molecule has 1 heterocycles. The van der Waals surface area contributed by atoms with Gasteiger partial charge in [-0.3, -0.25) is 4.79 Å². The van der Waals surface area contributed by atoms with Gasteiger partial charge in [0, 0.05) is 21.7 Å². The summed E-state index contributed by atoms with van der Waals surface area (Å²) in [4.78, 5) is 18.8. The van der Waals surface area contributed by atoms with Crippen molar-refractivity contribution in [3.05, 3.63) is 117 Å². The van der Waals surface area contributed by atoms with Crippen LogP contribution in [-0.4, -0.2) is 10.9 Å². The summed E-state index contributed by atoms with van der Waals surface area (Å²) in [5, 5.41) is 4.54. The van der Waals surface area contributed by atoms with Gasteiger partial charge in [0.25, 0.3) is 5.91 Å². The van der Waals surface area contributed by atoms with Crippen molar-refractivity contribution in [1.29, 1.82) is 0 Å². The van der Waals surface area contributed by atoms with Gasteiger partial charge in [0.2, 0.25) is 0 Å². The van der Waals surface area contributed by atoms with Crippen LogP contribution < -0.4 is 10.1 Å². The largest absolute Gasteiger partial charge is 0.457 e. The van der Waals surface area contributed by atoms with Crippen molar-refractivity contribution in [1.82, 2.24) is 4.98 Å². The van der Waals surface area contributed by atoms with Gasteiger partial charge in [-0.25, -0.2) is 4.98 Å². The van der Waals surface area contributed by atoms with E-state index in [1.165, 1.54) is 0 Å². The van der Waals surface area contributed by atoms with Gasteiger partial charge in [-0.05, 0) is 111 Å². The number of aryl methyl sites for hydroxylation is 4. The maximum Gasteiger partial charge on any atom is 0.256 e. The molecule has 1 N–H and O–H groups in total. The maximum atomic E-state index is 13.8. The van der Waals surface area contributed by atoms with E-state index >= 15 is 0 Å². The fourth-order valence-electron chi connectivity index (χ4n) is 4.95. The second kappa shape index (κ2) is 10.3. The van der Waals surface area contributed by atoms with Crippen LogP contribution in [0.3, 0.4) is 0 Å². The number of carbonyl (C=O) groups excluding carboxylic acids is 1. The van der Waals surface area contributed by atoms with Gasteiger partial charge >= 0.3 is 0 Å². The highest BCUT2D eigenvalue weighted by atomic mass is 35.5. The third-order valence-electron chi connectivity index (χ3n) is 6.54. The fourth-order valence-corrected chi connectivity index (χ4v) is 5.14. The normalized spacial score (nSPS) is 11.0. The lowest BCUT2D eigenvalue weighted by Gasteiger charge is -2.17. The van der Waals surface area contributed by atoms with E-state index < -0.39 is 0 Å². The van der Waals surface area contributed by atoms with Gasteiger partial charge in [0.15, 0.2) is 0 Å². The van der Waals surface area contributed by atoms with E-state index in [-0.39, 0.29) is 5.91 Å². The number of pyridine rings is 1. The van der Waals surface area contributed by atoms with E-state index in [0.717, 1.165) is 55.7 Å². The number of nitrogens with one attached hydrogen (secondary N) is 1. The minimum absolute atomic E-state index is 0.189. The van der Waals surface area contributed by atoms with Gasteiger partial charge in [-0.1, -0.05) is 41.4 Å². The number of hydrogen-bond acceptors (Lipinski definition) is 3. The zero-order valence-electron chi connectivity index (χ0n) is 22.1. The Kier molecular flexibility index (Phi) is 6.92. The van der Waals surface area contributed by atoms with Crippen molar-refractivity contribution in [3.63, 3.8) is 0 Å². The third kappa shape index (κ3) is 5.27. The Morgan fingerprint density at radius 3 is 2.16 bits per heavy atom. The van der Waals surface area contributed by atoms with E-state index in [2.05, 4.69) is 17.4 Å². The molecule has 0 saturated heterocycles. The maximum absolute atomic E-state index is 13.8. The van der Waals surface area contributed by atoms with Crippen LogP contribution in [0.2, 0.25) is 5.02 Å². The Balaban J connectivity index is 1.50. The molecule has 5 rings (SSSR count). The third-order valence-corrected chi connectivity index (χ3v) is 6.77. The first-order chi connectivity index (χ1) is 18.2. The lowest BCUT2D eigenvalue weighted by atomic mass is 9.94. The zero-order valence-corrected chi connectivity index (χ0v) is 22.9. The zero-order chi connectivity index (χ0) is 27.0. The Morgan fingerprint density at radius 2 is 1.47 bits per heavy atom. The van der Waals surface area contributed by atoms with Crippen LogP contribution in [0.25, 0.3) is 22.2 Å². The van der Waals surface area contributed by atoms with E-state index in [0.29, 0.717) is 22.0 Å². The lowest BCUT2D eigenvalue weighted by molar-refractivity contribution is 0.102. The Bertz CT molecular complexity index is 1670. The molecule has 0 fully saturated rings. The van der Waals surface area contributed by atoms with Crippen molar-refractivity contribution in [3.8, 4) is 22.8 Å². The fraction of sp³-hybridized carbons (Fsp3) is 0.152. The van der Waals surface area contributed by atoms with E-state index in [4.69, 9.17) is 21.3 Å². The molecule has 0 aliphatic heterocycles. The van der Waals surface area contributed by atoms with Gasteiger partial charge in [0.1, 0.15) is 11.5 Å². The highest BCUT2D eigenvalue weighted by molar-refractivity contribution is 6.30. The van der Waals surface area contributed by atoms with Crippen LogP contribution in [0.5, 0.6) is 11.5 Å². The van der Waals surface area contributed by atoms with Crippen LogP contribution in [0.4, 0.5) is 5.69 Å². The molecule has 1 amide bonds. The average Bonchev–Trinajstić information content (AvgIpc) is 2.84. The van der Waals surface area contributed by atoms with Crippen LogP contribution >= 0.6 is 11.6 Å². The number of fused-ring (bicyclic) bond motifs is 1. The van der Waals surface area contributed by atoms with Crippen LogP contribution in [0.15, 0.2) is 78.9 Å². The summed E-state index contributed by atoms with van der Waals surface area (Å²) in [6.07, 6.45) is 0. The number of amides is 1. The second-order valence-electron chi connectivity index (χ2n) is 9.85. The Labute approximate surface area is 228 Å². The van der Waals surface area contributed by atoms with E-state index in [1.807, 2.05) is 101 Å². The Morgan fingerprint density at radius 1 is 0.789 bits per heavy atom. The van der Waals surface area contributed by atoms with Crippen LogP contribution in [0, 0.1) is 34.6 Å². The number of ether oxygens (including phenoxy) is 1. The second-order valence-corrected chi connectivity index (χ2v) is 10.3. The summed E-state index contributed by atoms with van der Waals surface area (Å²) in [5.41, 5.74) is 8.90.